The Kier molecular flexibility index (Phi) is 7.72. The fraction of sp³-hybridized carbons (Fsp3) is 0.955. The Hall–Kier alpha value is -0.490. The van der Waals surface area contributed by atoms with Gasteiger partial charge >= 0.3 is 0 Å². The maximum Gasteiger partial charge on any atom is 0.187 e. The van der Waals surface area contributed by atoms with E-state index in [1.165, 1.54) is 38.5 Å². The second-order valence-electron chi connectivity index (χ2n) is 8.88. The number of ether oxygens (including phenoxy) is 4. The molecule has 3 heterocycles. The molecule has 0 saturated carbocycles. The van der Waals surface area contributed by atoms with Crippen LogP contribution in [0.3, 0.4) is 0 Å². The Morgan fingerprint density at radius 2 is 1.56 bits per heavy atom. The largest absolute Gasteiger partial charge is 0.365 e. The minimum atomic E-state index is -0.564. The van der Waals surface area contributed by atoms with Crippen LogP contribution in [0, 0.1) is 0 Å². The van der Waals surface area contributed by atoms with E-state index in [0.717, 1.165) is 32.1 Å². The number of carbonyl (C=O) groups is 1. The van der Waals surface area contributed by atoms with Crippen molar-refractivity contribution in [2.24, 2.45) is 0 Å². The standard InChI is InChI=1S/C22H38O5/c1-4-5-6-7-8-9-10-11-12-16(23)17-13-14-18(24-17)19-15-20-21(25-19)27-22(2,3)26-20/h17-21H,4-15H2,1-3H3/t17-,18-,19+,20-,21-/m1/s1. The van der Waals surface area contributed by atoms with E-state index in [1.54, 1.807) is 0 Å². The van der Waals surface area contributed by atoms with Crippen molar-refractivity contribution in [1.29, 1.82) is 0 Å². The monoisotopic (exact) mass is 382 g/mol. The van der Waals surface area contributed by atoms with Crippen molar-refractivity contribution in [2.75, 3.05) is 0 Å². The van der Waals surface area contributed by atoms with Gasteiger partial charge < -0.3 is 18.9 Å². The molecule has 5 atom stereocenters. The van der Waals surface area contributed by atoms with Gasteiger partial charge in [-0.15, -0.1) is 0 Å². The van der Waals surface area contributed by atoms with Crippen molar-refractivity contribution in [3.05, 3.63) is 0 Å². The van der Waals surface area contributed by atoms with E-state index in [-0.39, 0.29) is 36.5 Å². The fourth-order valence-corrected chi connectivity index (χ4v) is 4.54. The molecular weight excluding hydrogens is 344 g/mol. The molecule has 0 amide bonds. The van der Waals surface area contributed by atoms with Crippen molar-refractivity contribution in [1.82, 2.24) is 0 Å². The summed E-state index contributed by atoms with van der Waals surface area (Å²) >= 11 is 0. The second-order valence-corrected chi connectivity index (χ2v) is 8.88. The normalized spacial score (nSPS) is 34.9. The van der Waals surface area contributed by atoms with E-state index in [9.17, 15) is 4.79 Å². The number of hydrogen-bond acceptors (Lipinski definition) is 5. The van der Waals surface area contributed by atoms with Crippen LogP contribution >= 0.6 is 0 Å². The number of unbranched alkanes of at least 4 members (excludes halogenated alkanes) is 7. The number of carbonyl (C=O) groups excluding carboxylic acids is 1. The molecule has 0 aromatic rings. The van der Waals surface area contributed by atoms with Gasteiger partial charge in [0.05, 0.1) is 12.2 Å². The van der Waals surface area contributed by atoms with Gasteiger partial charge in [-0.05, 0) is 33.1 Å². The molecule has 0 radical (unpaired) electrons. The highest BCUT2D eigenvalue weighted by Gasteiger charge is 2.51. The van der Waals surface area contributed by atoms with Crippen molar-refractivity contribution >= 4 is 5.78 Å². The number of fused-ring (bicyclic) bond motifs is 1. The molecule has 0 aliphatic carbocycles. The lowest BCUT2D eigenvalue weighted by molar-refractivity contribution is -0.215. The Morgan fingerprint density at radius 3 is 2.26 bits per heavy atom. The molecule has 3 saturated heterocycles. The summed E-state index contributed by atoms with van der Waals surface area (Å²) in [5, 5.41) is 0. The maximum absolute atomic E-state index is 12.4. The minimum Gasteiger partial charge on any atom is -0.365 e. The number of rotatable bonds is 11. The van der Waals surface area contributed by atoms with E-state index in [1.807, 2.05) is 13.8 Å². The van der Waals surface area contributed by atoms with E-state index >= 15 is 0 Å². The van der Waals surface area contributed by atoms with Crippen molar-refractivity contribution in [2.45, 2.75) is 134 Å². The molecule has 5 heteroatoms. The number of Topliss-reactive ketones (excluding diaryl/α,β-unsaturated/α-hetero) is 1. The molecule has 0 unspecified atom stereocenters. The predicted molar refractivity (Wildman–Crippen MR) is 103 cm³/mol. The second kappa shape index (κ2) is 9.82. The average molecular weight is 383 g/mol. The first-order valence-electron chi connectivity index (χ1n) is 11.2. The zero-order valence-electron chi connectivity index (χ0n) is 17.4. The summed E-state index contributed by atoms with van der Waals surface area (Å²) < 4.78 is 23.7. The highest BCUT2D eigenvalue weighted by Crippen LogP contribution is 2.40. The highest BCUT2D eigenvalue weighted by atomic mass is 16.8. The molecule has 27 heavy (non-hydrogen) atoms. The Labute approximate surface area is 164 Å². The Bertz CT molecular complexity index is 461. The molecular formula is C22H38O5. The first-order valence-corrected chi connectivity index (χ1v) is 11.2. The van der Waals surface area contributed by atoms with Crippen LogP contribution in [-0.2, 0) is 23.7 Å². The lowest BCUT2D eigenvalue weighted by Gasteiger charge is -2.23. The molecule has 0 N–H and O–H groups in total. The van der Waals surface area contributed by atoms with Gasteiger partial charge in [0, 0.05) is 12.8 Å². The average Bonchev–Trinajstić information content (AvgIpc) is 3.29. The van der Waals surface area contributed by atoms with Gasteiger partial charge in [-0.2, -0.15) is 0 Å². The minimum absolute atomic E-state index is 0.00146. The van der Waals surface area contributed by atoms with Crippen LogP contribution in [0.2, 0.25) is 0 Å². The van der Waals surface area contributed by atoms with Crippen molar-refractivity contribution < 1.29 is 23.7 Å². The van der Waals surface area contributed by atoms with Crippen LogP contribution in [-0.4, -0.2) is 42.3 Å². The highest BCUT2D eigenvalue weighted by molar-refractivity contribution is 5.83. The van der Waals surface area contributed by atoms with Gasteiger partial charge in [-0.3, -0.25) is 4.79 Å². The van der Waals surface area contributed by atoms with Gasteiger partial charge in [0.25, 0.3) is 0 Å². The predicted octanol–water partition coefficient (Wildman–Crippen LogP) is 4.90. The van der Waals surface area contributed by atoms with E-state index in [0.29, 0.717) is 6.42 Å². The smallest absolute Gasteiger partial charge is 0.187 e. The summed E-state index contributed by atoms with van der Waals surface area (Å²) in [6, 6.07) is 0. The number of ketones is 1. The third-order valence-electron chi connectivity index (χ3n) is 6.02. The third-order valence-corrected chi connectivity index (χ3v) is 6.02. The van der Waals surface area contributed by atoms with Gasteiger partial charge in [0.15, 0.2) is 17.9 Å². The molecule has 0 spiro atoms. The van der Waals surface area contributed by atoms with Crippen LogP contribution in [0.4, 0.5) is 0 Å². The summed E-state index contributed by atoms with van der Waals surface area (Å²) in [7, 11) is 0. The summed E-state index contributed by atoms with van der Waals surface area (Å²) in [4.78, 5) is 12.4. The molecule has 3 aliphatic rings. The molecule has 156 valence electrons. The van der Waals surface area contributed by atoms with E-state index in [2.05, 4.69) is 6.92 Å². The van der Waals surface area contributed by atoms with Crippen LogP contribution in [0.15, 0.2) is 0 Å². The van der Waals surface area contributed by atoms with E-state index < -0.39 is 5.79 Å². The topological polar surface area (TPSA) is 54.0 Å². The number of hydrogen-bond donors (Lipinski definition) is 0. The molecule has 3 rings (SSSR count). The summed E-state index contributed by atoms with van der Waals surface area (Å²) in [5.41, 5.74) is 0. The fourth-order valence-electron chi connectivity index (χ4n) is 4.54. The quantitative estimate of drug-likeness (QED) is 0.476. The van der Waals surface area contributed by atoms with Crippen molar-refractivity contribution in [3.8, 4) is 0 Å². The Morgan fingerprint density at radius 1 is 0.852 bits per heavy atom. The van der Waals surface area contributed by atoms with Gasteiger partial charge in [-0.25, -0.2) is 0 Å². The summed E-state index contributed by atoms with van der Waals surface area (Å²) in [6.07, 6.45) is 12.6. The van der Waals surface area contributed by atoms with Gasteiger partial charge in [-0.1, -0.05) is 51.9 Å². The molecule has 0 bridgehead atoms. The molecule has 3 fully saturated rings. The molecule has 0 aromatic heterocycles. The zero-order chi connectivity index (χ0) is 19.3. The third kappa shape index (κ3) is 5.99. The summed E-state index contributed by atoms with van der Waals surface area (Å²) in [5.74, 6) is -0.291. The zero-order valence-corrected chi connectivity index (χ0v) is 17.4. The maximum atomic E-state index is 12.4. The summed E-state index contributed by atoms with van der Waals surface area (Å²) in [6.45, 7) is 6.07. The van der Waals surface area contributed by atoms with Gasteiger partial charge in [0.1, 0.15) is 12.2 Å². The molecule has 3 aliphatic heterocycles. The first kappa shape index (κ1) is 21.2. The molecule has 5 nitrogen and oxygen atoms in total. The van der Waals surface area contributed by atoms with Gasteiger partial charge in [0.2, 0.25) is 0 Å². The first-order chi connectivity index (χ1) is 13.0. The Balaban J connectivity index is 1.28. The van der Waals surface area contributed by atoms with Crippen molar-refractivity contribution in [3.63, 3.8) is 0 Å². The van der Waals surface area contributed by atoms with Crippen LogP contribution < -0.4 is 0 Å². The van der Waals surface area contributed by atoms with Crippen LogP contribution in [0.1, 0.15) is 97.8 Å². The van der Waals surface area contributed by atoms with Crippen LogP contribution in [0.25, 0.3) is 0 Å². The lowest BCUT2D eigenvalue weighted by Crippen LogP contribution is -2.32. The lowest BCUT2D eigenvalue weighted by atomic mass is 10.0. The van der Waals surface area contributed by atoms with Crippen LogP contribution in [0.5, 0.6) is 0 Å². The SMILES string of the molecule is CCCCCCCCCCC(=O)[C@H]1CC[C@H]([C@@H]2C[C@H]3OC(C)(C)O[C@H]3O2)O1. The molecule has 0 aromatic carbocycles. The van der Waals surface area contributed by atoms with E-state index in [4.69, 9.17) is 18.9 Å².